The Hall–Kier alpha value is -1.27. The van der Waals surface area contributed by atoms with E-state index in [1.165, 1.54) is 12.1 Å². The fourth-order valence-electron chi connectivity index (χ4n) is 1.71. The normalized spacial score (nSPS) is 11.3. The summed E-state index contributed by atoms with van der Waals surface area (Å²) < 4.78 is 6.26. The largest absolute Gasteiger partial charge is 0.482 e. The summed E-state index contributed by atoms with van der Waals surface area (Å²) >= 11 is 21.1. The highest BCUT2D eigenvalue weighted by Crippen LogP contribution is 2.33. The van der Waals surface area contributed by atoms with Crippen LogP contribution in [-0.4, -0.2) is 18.2 Å². The molecular weight excluding hydrogens is 438 g/mol. The summed E-state index contributed by atoms with van der Waals surface area (Å²) in [5, 5.41) is 4.91. The molecule has 0 aliphatic carbocycles. The Kier molecular flexibility index (Phi) is 6.92. The van der Waals surface area contributed by atoms with Crippen molar-refractivity contribution in [3.8, 4) is 5.75 Å². The number of amides is 1. The first-order valence-electron chi connectivity index (χ1n) is 6.73. The van der Waals surface area contributed by atoms with E-state index in [4.69, 9.17) is 39.5 Å². The smallest absolute Gasteiger partial charge is 0.277 e. The van der Waals surface area contributed by atoms with Crippen LogP contribution < -0.4 is 10.2 Å². The molecule has 126 valence electrons. The molecule has 8 heteroatoms. The standard InChI is InChI=1S/C16H12BrCl3N2O2/c1-9(10-3-2-4-11(17)5-10)21-22-16(23)8-24-15-7-13(19)12(18)6-14(15)20/h2-7H,8H2,1H3,(H,22,23)/b21-9+. The average molecular weight is 451 g/mol. The molecule has 2 aromatic rings. The second-order valence-corrected chi connectivity index (χ2v) is 6.87. The van der Waals surface area contributed by atoms with E-state index in [2.05, 4.69) is 26.5 Å². The molecule has 0 radical (unpaired) electrons. The maximum Gasteiger partial charge on any atom is 0.277 e. The second-order valence-electron chi connectivity index (χ2n) is 4.73. The van der Waals surface area contributed by atoms with Crippen LogP contribution in [0.1, 0.15) is 12.5 Å². The van der Waals surface area contributed by atoms with Gasteiger partial charge in [-0.2, -0.15) is 5.10 Å². The SMILES string of the molecule is C/C(=N\NC(=O)COc1cc(Cl)c(Cl)cc1Cl)c1cccc(Br)c1. The molecule has 2 rings (SSSR count). The van der Waals surface area contributed by atoms with Gasteiger partial charge < -0.3 is 4.74 Å². The summed E-state index contributed by atoms with van der Waals surface area (Å²) in [6.07, 6.45) is 0. The molecule has 0 unspecified atom stereocenters. The second kappa shape index (κ2) is 8.72. The summed E-state index contributed by atoms with van der Waals surface area (Å²) in [6, 6.07) is 10.5. The van der Waals surface area contributed by atoms with Gasteiger partial charge in [0, 0.05) is 10.5 Å². The maximum absolute atomic E-state index is 11.8. The lowest BCUT2D eigenvalue weighted by Crippen LogP contribution is -2.25. The number of hydrazone groups is 1. The van der Waals surface area contributed by atoms with Crippen LogP contribution in [0.4, 0.5) is 0 Å². The number of nitrogens with one attached hydrogen (secondary N) is 1. The van der Waals surface area contributed by atoms with Crippen molar-refractivity contribution in [2.24, 2.45) is 5.10 Å². The molecule has 24 heavy (non-hydrogen) atoms. The van der Waals surface area contributed by atoms with E-state index in [1.54, 1.807) is 6.92 Å². The predicted molar refractivity (Wildman–Crippen MR) is 101 cm³/mol. The quantitative estimate of drug-likeness (QED) is 0.380. The molecular formula is C16H12BrCl3N2O2. The molecule has 2 aromatic carbocycles. The van der Waals surface area contributed by atoms with Crippen LogP contribution in [0.5, 0.6) is 5.75 Å². The lowest BCUT2D eigenvalue weighted by molar-refractivity contribution is -0.123. The zero-order valence-corrected chi connectivity index (χ0v) is 16.3. The maximum atomic E-state index is 11.8. The summed E-state index contributed by atoms with van der Waals surface area (Å²) in [5.74, 6) is -0.152. The Morgan fingerprint density at radius 3 is 2.58 bits per heavy atom. The number of rotatable bonds is 5. The fraction of sp³-hybridized carbons (Fsp3) is 0.125. The molecule has 0 heterocycles. The van der Waals surface area contributed by atoms with Crippen molar-refractivity contribution in [3.63, 3.8) is 0 Å². The molecule has 0 aromatic heterocycles. The highest BCUT2D eigenvalue weighted by atomic mass is 79.9. The lowest BCUT2D eigenvalue weighted by Gasteiger charge is -2.09. The lowest BCUT2D eigenvalue weighted by atomic mass is 10.1. The molecule has 0 spiro atoms. The molecule has 0 saturated carbocycles. The number of hydrogen-bond donors (Lipinski definition) is 1. The number of nitrogens with zero attached hydrogens (tertiary/aromatic N) is 1. The first kappa shape index (κ1) is 19.1. The van der Waals surface area contributed by atoms with Crippen LogP contribution in [-0.2, 0) is 4.79 Å². The van der Waals surface area contributed by atoms with Gasteiger partial charge in [0.05, 0.1) is 20.8 Å². The van der Waals surface area contributed by atoms with Crippen molar-refractivity contribution in [1.29, 1.82) is 0 Å². The summed E-state index contributed by atoms with van der Waals surface area (Å²) in [7, 11) is 0. The summed E-state index contributed by atoms with van der Waals surface area (Å²) in [6.45, 7) is 1.53. The van der Waals surface area contributed by atoms with Gasteiger partial charge in [0.15, 0.2) is 6.61 Å². The third-order valence-corrected chi connectivity index (χ3v) is 4.44. The van der Waals surface area contributed by atoms with Crippen molar-refractivity contribution >= 4 is 62.4 Å². The van der Waals surface area contributed by atoms with Crippen LogP contribution in [0.15, 0.2) is 46.0 Å². The van der Waals surface area contributed by atoms with Crippen LogP contribution in [0.3, 0.4) is 0 Å². The van der Waals surface area contributed by atoms with E-state index < -0.39 is 5.91 Å². The minimum atomic E-state index is -0.425. The number of halogens is 4. The minimum Gasteiger partial charge on any atom is -0.482 e. The van der Waals surface area contributed by atoms with Crippen LogP contribution in [0.2, 0.25) is 15.1 Å². The molecule has 0 bridgehead atoms. The molecule has 0 aliphatic rings. The summed E-state index contributed by atoms with van der Waals surface area (Å²) in [5.41, 5.74) is 3.97. The van der Waals surface area contributed by atoms with Crippen LogP contribution in [0, 0.1) is 0 Å². The first-order chi connectivity index (χ1) is 11.4. The highest BCUT2D eigenvalue weighted by molar-refractivity contribution is 9.10. The number of carbonyl (C=O) groups excluding carboxylic acids is 1. The topological polar surface area (TPSA) is 50.7 Å². The number of benzene rings is 2. The van der Waals surface area contributed by atoms with Crippen molar-refractivity contribution in [2.45, 2.75) is 6.92 Å². The Morgan fingerprint density at radius 1 is 1.17 bits per heavy atom. The van der Waals surface area contributed by atoms with Crippen molar-refractivity contribution in [2.75, 3.05) is 6.61 Å². The molecule has 0 saturated heterocycles. The summed E-state index contributed by atoms with van der Waals surface area (Å²) in [4.78, 5) is 11.8. The van der Waals surface area contributed by atoms with E-state index in [-0.39, 0.29) is 17.4 Å². The highest BCUT2D eigenvalue weighted by Gasteiger charge is 2.09. The van der Waals surface area contributed by atoms with Gasteiger partial charge in [-0.05, 0) is 30.7 Å². The van der Waals surface area contributed by atoms with Crippen LogP contribution >= 0.6 is 50.7 Å². The third kappa shape index (κ3) is 5.38. The van der Waals surface area contributed by atoms with Gasteiger partial charge >= 0.3 is 0 Å². The van der Waals surface area contributed by atoms with E-state index in [1.807, 2.05) is 24.3 Å². The van der Waals surface area contributed by atoms with E-state index in [0.29, 0.717) is 15.8 Å². The molecule has 4 nitrogen and oxygen atoms in total. The first-order valence-corrected chi connectivity index (χ1v) is 8.66. The minimum absolute atomic E-state index is 0.257. The Balaban J connectivity index is 1.94. The van der Waals surface area contributed by atoms with Gasteiger partial charge in [-0.15, -0.1) is 0 Å². The molecule has 1 amide bonds. The molecule has 0 fully saturated rings. The number of carbonyl (C=O) groups is 1. The Morgan fingerprint density at radius 2 is 1.88 bits per heavy atom. The third-order valence-electron chi connectivity index (χ3n) is 2.92. The molecule has 0 aliphatic heterocycles. The van der Waals surface area contributed by atoms with E-state index in [0.717, 1.165) is 10.0 Å². The van der Waals surface area contributed by atoms with E-state index in [9.17, 15) is 4.79 Å². The zero-order valence-electron chi connectivity index (χ0n) is 12.4. The molecule has 1 N–H and O–H groups in total. The van der Waals surface area contributed by atoms with Crippen molar-refractivity contribution < 1.29 is 9.53 Å². The Labute approximate surface area is 162 Å². The Bertz CT molecular complexity index is 797. The van der Waals surface area contributed by atoms with Gasteiger partial charge in [-0.3, -0.25) is 4.79 Å². The number of ether oxygens (including phenoxy) is 1. The van der Waals surface area contributed by atoms with E-state index >= 15 is 0 Å². The van der Waals surface area contributed by atoms with Gasteiger partial charge in [0.2, 0.25) is 0 Å². The average Bonchev–Trinajstić information content (AvgIpc) is 2.54. The zero-order chi connectivity index (χ0) is 17.7. The fourth-order valence-corrected chi connectivity index (χ4v) is 2.71. The van der Waals surface area contributed by atoms with Crippen molar-refractivity contribution in [3.05, 3.63) is 61.5 Å². The number of hydrogen-bond acceptors (Lipinski definition) is 3. The predicted octanol–water partition coefficient (Wildman–Crippen LogP) is 5.33. The van der Waals surface area contributed by atoms with Crippen LogP contribution in [0.25, 0.3) is 0 Å². The van der Waals surface area contributed by atoms with Gasteiger partial charge in [-0.25, -0.2) is 5.43 Å². The van der Waals surface area contributed by atoms with Gasteiger partial charge in [-0.1, -0.05) is 62.9 Å². The monoisotopic (exact) mass is 448 g/mol. The van der Waals surface area contributed by atoms with Crippen molar-refractivity contribution in [1.82, 2.24) is 5.43 Å². The molecule has 0 atom stereocenters. The van der Waals surface area contributed by atoms with Gasteiger partial charge in [0.1, 0.15) is 5.75 Å². The van der Waals surface area contributed by atoms with Gasteiger partial charge in [0.25, 0.3) is 5.91 Å².